The molecule has 2 heterocycles. The van der Waals surface area contributed by atoms with E-state index in [1.165, 1.54) is 23.9 Å². The number of carbonyl (C=O) groups excluding carboxylic acids is 1. The van der Waals surface area contributed by atoms with Crippen molar-refractivity contribution in [2.45, 2.75) is 5.03 Å². The molecule has 0 saturated carbocycles. The number of anilines is 1. The summed E-state index contributed by atoms with van der Waals surface area (Å²) in [6, 6.07) is 17.6. The number of rotatable bonds is 6. The predicted octanol–water partition coefficient (Wildman–Crippen LogP) is 4.20. The van der Waals surface area contributed by atoms with Crippen molar-refractivity contribution < 1.29 is 9.18 Å². The number of benzene rings is 2. The summed E-state index contributed by atoms with van der Waals surface area (Å²) in [5, 5.41) is 11.6. The maximum absolute atomic E-state index is 13.6. The summed E-state index contributed by atoms with van der Waals surface area (Å²) in [5.74, 6) is -0.655. The number of halogens is 1. The number of nitrogens with one attached hydrogen (secondary N) is 1. The highest BCUT2D eigenvalue weighted by Crippen LogP contribution is 2.21. The van der Waals surface area contributed by atoms with E-state index in [1.807, 2.05) is 47.2 Å². The minimum Gasteiger partial charge on any atom is -0.323 e. The molecule has 0 bridgehead atoms. The summed E-state index contributed by atoms with van der Waals surface area (Å²) >= 11 is 1.24. The Morgan fingerprint density at radius 2 is 1.86 bits per heavy atom. The van der Waals surface area contributed by atoms with Gasteiger partial charge in [-0.05, 0) is 36.4 Å². The first-order chi connectivity index (χ1) is 14.2. The lowest BCUT2D eigenvalue weighted by Gasteiger charge is -2.06. The highest BCUT2D eigenvalue weighted by atomic mass is 32.2. The molecule has 4 aromatic rings. The molecule has 0 aliphatic rings. The number of para-hydroxylation sites is 1. The predicted molar refractivity (Wildman–Crippen MR) is 110 cm³/mol. The van der Waals surface area contributed by atoms with Gasteiger partial charge in [0.1, 0.15) is 10.8 Å². The fourth-order valence-electron chi connectivity index (χ4n) is 2.66. The third-order valence-electron chi connectivity index (χ3n) is 4.10. The van der Waals surface area contributed by atoms with Gasteiger partial charge in [0.15, 0.2) is 0 Å². The van der Waals surface area contributed by atoms with Gasteiger partial charge in [0.05, 0.1) is 23.5 Å². The first-order valence-corrected chi connectivity index (χ1v) is 9.77. The molecule has 1 amide bonds. The van der Waals surface area contributed by atoms with Crippen LogP contribution >= 0.6 is 11.8 Å². The first-order valence-electron chi connectivity index (χ1n) is 8.79. The van der Waals surface area contributed by atoms with Gasteiger partial charge in [0.2, 0.25) is 5.91 Å². The fraction of sp³-hybridized carbons (Fsp3) is 0.0476. The van der Waals surface area contributed by atoms with Gasteiger partial charge in [-0.2, -0.15) is 0 Å². The van der Waals surface area contributed by atoms with Crippen LogP contribution in [-0.2, 0) is 4.79 Å². The molecule has 0 spiro atoms. The van der Waals surface area contributed by atoms with Crippen LogP contribution in [0.4, 0.5) is 10.1 Å². The molecule has 0 saturated heterocycles. The molecule has 29 heavy (non-hydrogen) atoms. The van der Waals surface area contributed by atoms with Gasteiger partial charge in [-0.3, -0.25) is 4.79 Å². The Morgan fingerprint density at radius 3 is 2.55 bits per heavy atom. The lowest BCUT2D eigenvalue weighted by molar-refractivity contribution is -0.113. The maximum Gasteiger partial charge on any atom is 0.234 e. The molecule has 0 fully saturated rings. The van der Waals surface area contributed by atoms with Crippen molar-refractivity contribution in [3.63, 3.8) is 0 Å². The lowest BCUT2D eigenvalue weighted by Crippen LogP contribution is -2.15. The molecule has 4 rings (SSSR count). The van der Waals surface area contributed by atoms with Crippen LogP contribution in [0.5, 0.6) is 0 Å². The summed E-state index contributed by atoms with van der Waals surface area (Å²) in [6.07, 6.45) is 5.35. The van der Waals surface area contributed by atoms with E-state index in [-0.39, 0.29) is 17.3 Å². The summed E-state index contributed by atoms with van der Waals surface area (Å²) in [4.78, 5) is 16.0. The minimum atomic E-state index is -0.464. The van der Waals surface area contributed by atoms with Gasteiger partial charge in [-0.1, -0.05) is 36.0 Å². The standard InChI is InChI=1S/C21H16FN5OS/c22-17-3-1-2-4-19(17)24-20(28)13-29-21-10-9-18(25-26-21)15-5-7-16(8-6-15)27-12-11-23-14-27/h1-12,14H,13H2,(H,24,28). The van der Waals surface area contributed by atoms with Crippen LogP contribution in [0.1, 0.15) is 0 Å². The van der Waals surface area contributed by atoms with Crippen molar-refractivity contribution in [3.05, 3.63) is 85.2 Å². The average molecular weight is 405 g/mol. The quantitative estimate of drug-likeness (QED) is 0.487. The topological polar surface area (TPSA) is 72.7 Å². The molecular formula is C21H16FN5OS. The van der Waals surface area contributed by atoms with Gasteiger partial charge in [0, 0.05) is 23.6 Å². The van der Waals surface area contributed by atoms with Gasteiger partial charge in [0.25, 0.3) is 0 Å². The van der Waals surface area contributed by atoms with Crippen molar-refractivity contribution in [1.82, 2.24) is 19.7 Å². The molecule has 144 valence electrons. The number of hydrogen-bond donors (Lipinski definition) is 1. The molecule has 0 unspecified atom stereocenters. The summed E-state index contributed by atoms with van der Waals surface area (Å²) in [6.45, 7) is 0. The zero-order chi connectivity index (χ0) is 20.1. The van der Waals surface area contributed by atoms with Crippen molar-refractivity contribution in [3.8, 4) is 16.9 Å². The molecule has 1 N–H and O–H groups in total. The second kappa shape index (κ2) is 8.66. The highest BCUT2D eigenvalue weighted by molar-refractivity contribution is 7.99. The summed E-state index contributed by atoms with van der Waals surface area (Å²) < 4.78 is 15.5. The molecule has 8 heteroatoms. The molecular weight excluding hydrogens is 389 g/mol. The van der Waals surface area contributed by atoms with E-state index < -0.39 is 5.82 Å². The Labute approximate surface area is 170 Å². The first kappa shape index (κ1) is 18.8. The Hall–Kier alpha value is -3.52. The Kier molecular flexibility index (Phi) is 5.62. The van der Waals surface area contributed by atoms with E-state index >= 15 is 0 Å². The highest BCUT2D eigenvalue weighted by Gasteiger charge is 2.08. The number of amides is 1. The minimum absolute atomic E-state index is 0.113. The second-order valence-electron chi connectivity index (χ2n) is 6.09. The molecule has 6 nitrogen and oxygen atoms in total. The van der Waals surface area contributed by atoms with Crippen LogP contribution in [0.25, 0.3) is 16.9 Å². The lowest BCUT2D eigenvalue weighted by atomic mass is 10.1. The number of imidazole rings is 1. The number of aromatic nitrogens is 4. The number of thioether (sulfide) groups is 1. The Balaban J connectivity index is 1.35. The van der Waals surface area contributed by atoms with Crippen LogP contribution in [0, 0.1) is 5.82 Å². The fourth-order valence-corrected chi connectivity index (χ4v) is 3.27. The summed E-state index contributed by atoms with van der Waals surface area (Å²) in [5.41, 5.74) is 2.85. The Bertz CT molecular complexity index is 1100. The van der Waals surface area contributed by atoms with Crippen LogP contribution in [-0.4, -0.2) is 31.4 Å². The number of carbonyl (C=O) groups is 1. The van der Waals surface area contributed by atoms with Crippen LogP contribution in [0.15, 0.2) is 84.4 Å². The Morgan fingerprint density at radius 1 is 1.03 bits per heavy atom. The van der Waals surface area contributed by atoms with Crippen molar-refractivity contribution in [2.24, 2.45) is 0 Å². The zero-order valence-electron chi connectivity index (χ0n) is 15.2. The van der Waals surface area contributed by atoms with Crippen LogP contribution in [0.2, 0.25) is 0 Å². The van der Waals surface area contributed by atoms with Gasteiger partial charge >= 0.3 is 0 Å². The SMILES string of the molecule is O=C(CSc1ccc(-c2ccc(-n3ccnc3)cc2)nn1)Nc1ccccc1F. The third-order valence-corrected chi connectivity index (χ3v) is 5.02. The largest absolute Gasteiger partial charge is 0.323 e. The van der Waals surface area contributed by atoms with E-state index in [0.717, 1.165) is 16.9 Å². The molecule has 0 atom stereocenters. The van der Waals surface area contributed by atoms with Crippen LogP contribution in [0.3, 0.4) is 0 Å². The molecule has 2 aromatic heterocycles. The van der Waals surface area contributed by atoms with Crippen LogP contribution < -0.4 is 5.32 Å². The molecule has 0 aliphatic carbocycles. The summed E-state index contributed by atoms with van der Waals surface area (Å²) in [7, 11) is 0. The number of nitrogens with zero attached hydrogens (tertiary/aromatic N) is 4. The van der Waals surface area contributed by atoms with E-state index in [1.54, 1.807) is 24.7 Å². The third kappa shape index (κ3) is 4.67. The molecule has 0 aliphatic heterocycles. The molecule has 0 radical (unpaired) electrons. The van der Waals surface area contributed by atoms with Crippen molar-refractivity contribution >= 4 is 23.4 Å². The van der Waals surface area contributed by atoms with Gasteiger partial charge < -0.3 is 9.88 Å². The monoisotopic (exact) mass is 405 g/mol. The van der Waals surface area contributed by atoms with Crippen molar-refractivity contribution in [1.29, 1.82) is 0 Å². The number of hydrogen-bond acceptors (Lipinski definition) is 5. The second-order valence-corrected chi connectivity index (χ2v) is 7.09. The zero-order valence-corrected chi connectivity index (χ0v) is 16.0. The van der Waals surface area contributed by atoms with E-state index in [2.05, 4.69) is 20.5 Å². The van der Waals surface area contributed by atoms with Gasteiger partial charge in [-0.25, -0.2) is 9.37 Å². The molecule has 2 aromatic carbocycles. The van der Waals surface area contributed by atoms with E-state index in [4.69, 9.17) is 0 Å². The van der Waals surface area contributed by atoms with E-state index in [0.29, 0.717) is 5.03 Å². The van der Waals surface area contributed by atoms with Crippen molar-refractivity contribution in [2.75, 3.05) is 11.1 Å². The normalized spacial score (nSPS) is 10.7. The van der Waals surface area contributed by atoms with Gasteiger partial charge in [-0.15, -0.1) is 10.2 Å². The average Bonchev–Trinajstić information content (AvgIpc) is 3.29. The smallest absolute Gasteiger partial charge is 0.234 e. The van der Waals surface area contributed by atoms with E-state index in [9.17, 15) is 9.18 Å². The maximum atomic E-state index is 13.6.